The number of amides is 1. The third kappa shape index (κ3) is 5.00. The van der Waals surface area contributed by atoms with E-state index in [1.54, 1.807) is 12.1 Å². The molecule has 2 aromatic heterocycles. The average Bonchev–Trinajstić information content (AvgIpc) is 3.30. The van der Waals surface area contributed by atoms with Gasteiger partial charge in [0, 0.05) is 22.3 Å². The number of anilines is 4. The van der Waals surface area contributed by atoms with E-state index in [0.717, 1.165) is 32.8 Å². The van der Waals surface area contributed by atoms with Crippen molar-refractivity contribution in [1.29, 1.82) is 0 Å². The Labute approximate surface area is 186 Å². The number of carbonyl (C=O) groups is 1. The molecule has 4 N–H and O–H groups in total. The van der Waals surface area contributed by atoms with Crippen molar-refractivity contribution in [3.8, 4) is 10.6 Å². The largest absolute Gasteiger partial charge is 0.399 e. The van der Waals surface area contributed by atoms with Crippen molar-refractivity contribution in [1.82, 2.24) is 9.97 Å². The van der Waals surface area contributed by atoms with Crippen molar-refractivity contribution in [2.24, 2.45) is 0 Å². The molecule has 9 heteroatoms. The fraction of sp³-hybridized carbons (Fsp3) is 0.0500. The number of rotatable bonds is 5. The predicted molar refractivity (Wildman–Crippen MR) is 127 cm³/mol. The first kappa shape index (κ1) is 21.0. The molecule has 1 amide bonds. The summed E-state index contributed by atoms with van der Waals surface area (Å²) < 4.78 is 0. The number of halogens is 1. The number of nitrogen functional groups attached to an aromatic ring is 1. The van der Waals surface area contributed by atoms with E-state index >= 15 is 0 Å². The summed E-state index contributed by atoms with van der Waals surface area (Å²) in [7, 11) is 0. The van der Waals surface area contributed by atoms with Crippen LogP contribution in [0.4, 0.5) is 21.6 Å². The number of nitrogens with zero attached hydrogens (tertiary/aromatic N) is 2. The lowest BCUT2D eigenvalue weighted by molar-refractivity contribution is 0.102. The van der Waals surface area contributed by atoms with E-state index < -0.39 is 0 Å². The minimum absolute atomic E-state index is 0. The second kappa shape index (κ2) is 9.17. The van der Waals surface area contributed by atoms with Crippen LogP contribution >= 0.6 is 39.7 Å². The molecule has 4 rings (SSSR count). The molecule has 0 fully saturated rings. The number of thiazole rings is 2. The summed E-state index contributed by atoms with van der Waals surface area (Å²) in [5, 5.41) is 9.44. The van der Waals surface area contributed by atoms with E-state index in [1.807, 2.05) is 54.8 Å². The number of carbonyl (C=O) groups excluding carboxylic acids is 1. The van der Waals surface area contributed by atoms with Crippen molar-refractivity contribution in [2.45, 2.75) is 6.92 Å². The SMILES string of the molecule is Br.Cc1nc(NC(=O)c2ccccc2)sc1-c1csc(Nc2ccc(N)cc2)n1. The highest BCUT2D eigenvalue weighted by atomic mass is 79.9. The maximum absolute atomic E-state index is 12.3. The van der Waals surface area contributed by atoms with Gasteiger partial charge in [-0.05, 0) is 43.3 Å². The summed E-state index contributed by atoms with van der Waals surface area (Å²) in [6, 6.07) is 16.6. The third-order valence-corrected chi connectivity index (χ3v) is 5.80. The summed E-state index contributed by atoms with van der Waals surface area (Å²) in [6.45, 7) is 1.91. The minimum Gasteiger partial charge on any atom is -0.399 e. The van der Waals surface area contributed by atoms with Gasteiger partial charge < -0.3 is 11.1 Å². The summed E-state index contributed by atoms with van der Waals surface area (Å²) in [5.41, 5.74) is 9.62. The zero-order valence-corrected chi connectivity index (χ0v) is 18.7. The maximum Gasteiger partial charge on any atom is 0.257 e. The number of nitrogens with two attached hydrogens (primary N) is 1. The Morgan fingerprint density at radius 1 is 1.00 bits per heavy atom. The van der Waals surface area contributed by atoms with Gasteiger partial charge in [-0.3, -0.25) is 10.1 Å². The van der Waals surface area contributed by atoms with Gasteiger partial charge in [-0.2, -0.15) is 0 Å². The Bertz CT molecular complexity index is 1110. The van der Waals surface area contributed by atoms with Crippen LogP contribution in [-0.4, -0.2) is 15.9 Å². The smallest absolute Gasteiger partial charge is 0.257 e. The zero-order valence-electron chi connectivity index (χ0n) is 15.4. The van der Waals surface area contributed by atoms with Crippen LogP contribution in [0.1, 0.15) is 16.1 Å². The van der Waals surface area contributed by atoms with E-state index in [2.05, 4.69) is 20.6 Å². The molecule has 0 spiro atoms. The summed E-state index contributed by atoms with van der Waals surface area (Å²) in [5.74, 6) is -0.176. The Balaban J connectivity index is 0.00000240. The molecule has 0 atom stereocenters. The van der Waals surface area contributed by atoms with Crippen LogP contribution < -0.4 is 16.4 Å². The molecule has 0 saturated heterocycles. The predicted octanol–water partition coefficient (Wildman–Crippen LogP) is 5.73. The van der Waals surface area contributed by atoms with Gasteiger partial charge in [0.25, 0.3) is 5.91 Å². The zero-order chi connectivity index (χ0) is 19.5. The monoisotopic (exact) mass is 487 g/mol. The number of benzene rings is 2. The first-order valence-electron chi connectivity index (χ1n) is 8.51. The first-order chi connectivity index (χ1) is 13.6. The van der Waals surface area contributed by atoms with Crippen LogP contribution in [0.5, 0.6) is 0 Å². The topological polar surface area (TPSA) is 92.9 Å². The number of nitrogens with one attached hydrogen (secondary N) is 2. The first-order valence-corrected chi connectivity index (χ1v) is 10.2. The third-order valence-electron chi connectivity index (χ3n) is 3.95. The van der Waals surface area contributed by atoms with Crippen LogP contribution in [0.25, 0.3) is 10.6 Å². The standard InChI is InChI=1S/C20H17N5OS2.BrH/c1-12-17(28-20(22-12)25-18(26)13-5-3-2-4-6-13)16-11-27-19(24-16)23-15-9-7-14(21)8-10-15;/h2-11H,21H2,1H3,(H,23,24)(H,22,25,26);1H. The molecule has 0 saturated carbocycles. The Morgan fingerprint density at radius 3 is 2.45 bits per heavy atom. The molecule has 2 heterocycles. The Kier molecular flexibility index (Phi) is 6.63. The summed E-state index contributed by atoms with van der Waals surface area (Å²) >= 11 is 2.92. The van der Waals surface area contributed by atoms with Gasteiger partial charge in [0.2, 0.25) is 0 Å². The van der Waals surface area contributed by atoms with Gasteiger partial charge in [-0.25, -0.2) is 9.97 Å². The molecule has 2 aromatic carbocycles. The fourth-order valence-electron chi connectivity index (χ4n) is 2.57. The number of aryl methyl sites for hydroxylation is 1. The number of hydrogen-bond donors (Lipinski definition) is 3. The second-order valence-electron chi connectivity index (χ2n) is 6.04. The lowest BCUT2D eigenvalue weighted by Gasteiger charge is -2.02. The van der Waals surface area contributed by atoms with Crippen LogP contribution in [0.15, 0.2) is 60.0 Å². The molecule has 0 aliphatic heterocycles. The maximum atomic E-state index is 12.3. The van der Waals surface area contributed by atoms with Crippen molar-refractivity contribution >= 4 is 67.2 Å². The van der Waals surface area contributed by atoms with E-state index in [1.165, 1.54) is 22.7 Å². The Morgan fingerprint density at radius 2 is 1.72 bits per heavy atom. The van der Waals surface area contributed by atoms with E-state index in [9.17, 15) is 4.79 Å². The van der Waals surface area contributed by atoms with Gasteiger partial charge in [-0.15, -0.1) is 28.3 Å². The number of hydrogen-bond acceptors (Lipinski definition) is 7. The van der Waals surface area contributed by atoms with Gasteiger partial charge in [0.15, 0.2) is 10.3 Å². The van der Waals surface area contributed by atoms with Crippen LogP contribution in [0.3, 0.4) is 0 Å². The minimum atomic E-state index is -0.176. The van der Waals surface area contributed by atoms with Crippen molar-refractivity contribution < 1.29 is 4.79 Å². The van der Waals surface area contributed by atoms with Gasteiger partial charge in [0.1, 0.15) is 0 Å². The molecule has 0 aliphatic carbocycles. The van der Waals surface area contributed by atoms with Crippen LogP contribution in [0.2, 0.25) is 0 Å². The van der Waals surface area contributed by atoms with Crippen molar-refractivity contribution in [3.63, 3.8) is 0 Å². The normalized spacial score (nSPS) is 10.2. The van der Waals surface area contributed by atoms with E-state index in [4.69, 9.17) is 5.73 Å². The molecule has 29 heavy (non-hydrogen) atoms. The molecule has 0 bridgehead atoms. The van der Waals surface area contributed by atoms with Crippen LogP contribution in [-0.2, 0) is 0 Å². The highest BCUT2D eigenvalue weighted by Gasteiger charge is 2.15. The molecule has 0 aliphatic rings. The number of aromatic nitrogens is 2. The molecular weight excluding hydrogens is 470 g/mol. The fourth-order valence-corrected chi connectivity index (χ4v) is 4.29. The Hall–Kier alpha value is -2.75. The molecule has 4 aromatic rings. The van der Waals surface area contributed by atoms with E-state index in [-0.39, 0.29) is 22.9 Å². The highest BCUT2D eigenvalue weighted by Crippen LogP contribution is 2.35. The molecule has 6 nitrogen and oxygen atoms in total. The molecule has 148 valence electrons. The average molecular weight is 488 g/mol. The lowest BCUT2D eigenvalue weighted by atomic mass is 10.2. The molecular formula is C20H18BrN5OS2. The van der Waals surface area contributed by atoms with Gasteiger partial charge >= 0.3 is 0 Å². The van der Waals surface area contributed by atoms with Crippen molar-refractivity contribution in [2.75, 3.05) is 16.4 Å². The quantitative estimate of drug-likeness (QED) is 0.312. The van der Waals surface area contributed by atoms with E-state index in [0.29, 0.717) is 10.7 Å². The van der Waals surface area contributed by atoms with Crippen LogP contribution in [0, 0.1) is 6.92 Å². The summed E-state index contributed by atoms with van der Waals surface area (Å²) in [4.78, 5) is 22.4. The molecule has 0 radical (unpaired) electrons. The van der Waals surface area contributed by atoms with Gasteiger partial charge in [0.05, 0.1) is 16.3 Å². The summed E-state index contributed by atoms with van der Waals surface area (Å²) in [6.07, 6.45) is 0. The van der Waals surface area contributed by atoms with Crippen molar-refractivity contribution in [3.05, 3.63) is 71.2 Å². The van der Waals surface area contributed by atoms with Gasteiger partial charge in [-0.1, -0.05) is 29.5 Å². The highest BCUT2D eigenvalue weighted by molar-refractivity contribution is 8.93. The molecule has 0 unspecified atom stereocenters. The second-order valence-corrected chi connectivity index (χ2v) is 7.90. The lowest BCUT2D eigenvalue weighted by Crippen LogP contribution is -2.11.